The number of nitrogens with one attached hydrogen (secondary N) is 1. The summed E-state index contributed by atoms with van der Waals surface area (Å²) in [5.41, 5.74) is 2.43. The number of rotatable bonds is 1. The fraction of sp³-hybridized carbons (Fsp3) is 0.455. The summed E-state index contributed by atoms with van der Waals surface area (Å²) in [6.45, 7) is 3.24. The van der Waals surface area contributed by atoms with Gasteiger partial charge >= 0.3 is 6.01 Å². The molecular weight excluding hydrogens is 415 g/mol. The SMILES string of the molecule is CO[C@@H]1CN(C)C(=O)[C@@H]2C[C@@H](CN2)Oc2nccc(n2)-c2cc(F)cc3nc(C)n(c23)C1. The monoisotopic (exact) mass is 440 g/mol. The predicted octanol–water partition coefficient (Wildman–Crippen LogP) is 1.54. The van der Waals surface area contributed by atoms with Crippen molar-refractivity contribution in [1.29, 1.82) is 0 Å². The van der Waals surface area contributed by atoms with E-state index in [4.69, 9.17) is 9.47 Å². The van der Waals surface area contributed by atoms with Crippen LogP contribution in [0, 0.1) is 12.7 Å². The van der Waals surface area contributed by atoms with Gasteiger partial charge in [-0.3, -0.25) is 4.79 Å². The van der Waals surface area contributed by atoms with Gasteiger partial charge in [0.05, 0.1) is 35.4 Å². The molecule has 3 aromatic rings. The van der Waals surface area contributed by atoms with Crippen LogP contribution < -0.4 is 10.1 Å². The van der Waals surface area contributed by atoms with Gasteiger partial charge in [-0.25, -0.2) is 14.4 Å². The van der Waals surface area contributed by atoms with Crippen molar-refractivity contribution in [2.75, 3.05) is 27.2 Å². The number of amides is 1. The van der Waals surface area contributed by atoms with E-state index >= 15 is 0 Å². The normalized spacial score (nSPS) is 23.7. The van der Waals surface area contributed by atoms with Crippen molar-refractivity contribution in [3.63, 3.8) is 0 Å². The summed E-state index contributed by atoms with van der Waals surface area (Å²) in [4.78, 5) is 28.0. The van der Waals surface area contributed by atoms with Crippen molar-refractivity contribution in [3.05, 3.63) is 36.0 Å². The highest BCUT2D eigenvalue weighted by molar-refractivity contribution is 5.92. The van der Waals surface area contributed by atoms with Crippen LogP contribution in [-0.2, 0) is 16.1 Å². The first-order valence-electron chi connectivity index (χ1n) is 10.6. The van der Waals surface area contributed by atoms with Crippen molar-refractivity contribution in [3.8, 4) is 17.3 Å². The van der Waals surface area contributed by atoms with Crippen LogP contribution in [0.3, 0.4) is 0 Å². The highest BCUT2D eigenvalue weighted by atomic mass is 19.1. The number of aryl methyl sites for hydroxylation is 1. The highest BCUT2D eigenvalue weighted by Gasteiger charge is 2.34. The van der Waals surface area contributed by atoms with Crippen molar-refractivity contribution in [1.82, 2.24) is 29.7 Å². The fourth-order valence-electron chi connectivity index (χ4n) is 4.52. The number of carbonyl (C=O) groups is 1. The van der Waals surface area contributed by atoms with Crippen molar-refractivity contribution in [2.45, 2.75) is 38.1 Å². The van der Waals surface area contributed by atoms with Gasteiger partial charge in [-0.15, -0.1) is 0 Å². The Hall–Kier alpha value is -3.11. The fourth-order valence-corrected chi connectivity index (χ4v) is 4.52. The molecule has 1 N–H and O–H groups in total. The predicted molar refractivity (Wildman–Crippen MR) is 115 cm³/mol. The molecule has 2 aromatic heterocycles. The molecule has 0 aliphatic carbocycles. The van der Waals surface area contributed by atoms with E-state index < -0.39 is 5.82 Å². The Labute approximate surface area is 184 Å². The molecule has 32 heavy (non-hydrogen) atoms. The van der Waals surface area contributed by atoms with Gasteiger partial charge in [0.25, 0.3) is 0 Å². The summed E-state index contributed by atoms with van der Waals surface area (Å²) in [5, 5.41) is 3.23. The summed E-state index contributed by atoms with van der Waals surface area (Å²) in [6, 6.07) is 4.45. The van der Waals surface area contributed by atoms with Gasteiger partial charge in [0.15, 0.2) is 0 Å². The van der Waals surface area contributed by atoms with E-state index in [0.29, 0.717) is 42.8 Å². The van der Waals surface area contributed by atoms with Crippen LogP contribution in [0.2, 0.25) is 0 Å². The van der Waals surface area contributed by atoms with E-state index in [1.54, 1.807) is 31.3 Å². The Balaban J connectivity index is 1.68. The van der Waals surface area contributed by atoms with E-state index in [1.807, 2.05) is 11.5 Å². The molecule has 3 atom stereocenters. The van der Waals surface area contributed by atoms with E-state index in [9.17, 15) is 9.18 Å². The maximum absolute atomic E-state index is 14.5. The number of benzene rings is 1. The van der Waals surface area contributed by atoms with Crippen LogP contribution in [0.4, 0.5) is 4.39 Å². The number of fused-ring (bicyclic) bond motifs is 5. The number of imidazole rings is 1. The van der Waals surface area contributed by atoms with Crippen LogP contribution in [0.1, 0.15) is 12.2 Å². The number of carbonyl (C=O) groups excluding carboxylic acids is 1. The first-order chi connectivity index (χ1) is 15.4. The zero-order valence-corrected chi connectivity index (χ0v) is 18.2. The van der Waals surface area contributed by atoms with E-state index in [1.165, 1.54) is 12.1 Å². The first kappa shape index (κ1) is 20.8. The summed E-state index contributed by atoms with van der Waals surface area (Å²) in [7, 11) is 3.40. The summed E-state index contributed by atoms with van der Waals surface area (Å²) < 4.78 is 28.2. The molecule has 0 radical (unpaired) electrons. The Bertz CT molecular complexity index is 1180. The maximum atomic E-state index is 14.5. The summed E-state index contributed by atoms with van der Waals surface area (Å²) in [5.74, 6) is 0.309. The van der Waals surface area contributed by atoms with Gasteiger partial charge in [0, 0.05) is 51.5 Å². The van der Waals surface area contributed by atoms with Crippen molar-refractivity contribution < 1.29 is 18.7 Å². The number of nitrogens with zero attached hydrogens (tertiary/aromatic N) is 5. The molecular formula is C22H25FN6O3. The number of halogens is 1. The number of hydrogen-bond acceptors (Lipinski definition) is 7. The third-order valence-electron chi connectivity index (χ3n) is 6.14. The first-order valence-corrected chi connectivity index (χ1v) is 10.6. The number of aromatic nitrogens is 4. The Morgan fingerprint density at radius 3 is 2.94 bits per heavy atom. The largest absolute Gasteiger partial charge is 0.459 e. The van der Waals surface area contributed by atoms with Crippen LogP contribution in [0.25, 0.3) is 22.3 Å². The molecule has 4 heterocycles. The number of likely N-dealkylation sites (N-methyl/N-ethyl adjacent to an activating group) is 1. The number of hydrogen-bond donors (Lipinski definition) is 1. The van der Waals surface area contributed by atoms with Gasteiger partial charge in [0.1, 0.15) is 17.7 Å². The van der Waals surface area contributed by atoms with Gasteiger partial charge in [0.2, 0.25) is 5.91 Å². The molecule has 9 nitrogen and oxygen atoms in total. The van der Waals surface area contributed by atoms with Crippen molar-refractivity contribution in [2.24, 2.45) is 0 Å². The molecule has 2 aliphatic rings. The summed E-state index contributed by atoms with van der Waals surface area (Å²) >= 11 is 0. The standard InChI is InChI=1S/C22H25FN6O3/c1-12-26-18-7-13(23)6-16-17-4-5-24-22(27-17)32-14-8-19(25-9-14)21(30)28(2)10-15(31-3)11-29(12)20(16)18/h4-7,14-15,19,25H,8-11H2,1-3H3/t14-,15+,19-/m0/s1. The lowest BCUT2D eigenvalue weighted by molar-refractivity contribution is -0.133. The second kappa shape index (κ2) is 8.10. The Kier molecular flexibility index (Phi) is 5.26. The second-order valence-corrected chi connectivity index (χ2v) is 8.33. The second-order valence-electron chi connectivity index (χ2n) is 8.33. The maximum Gasteiger partial charge on any atom is 0.317 e. The van der Waals surface area contributed by atoms with Crippen LogP contribution >= 0.6 is 0 Å². The number of methoxy groups -OCH3 is 1. The molecule has 1 aromatic carbocycles. The molecule has 2 aliphatic heterocycles. The molecule has 1 fully saturated rings. The zero-order chi connectivity index (χ0) is 22.4. The van der Waals surface area contributed by atoms with Gasteiger partial charge < -0.3 is 24.3 Å². The van der Waals surface area contributed by atoms with Gasteiger partial charge in [-0.1, -0.05) is 0 Å². The number of ether oxygens (including phenoxy) is 2. The average Bonchev–Trinajstić information content (AvgIpc) is 3.35. The third-order valence-corrected chi connectivity index (χ3v) is 6.14. The lowest BCUT2D eigenvalue weighted by Gasteiger charge is -2.26. The van der Waals surface area contributed by atoms with Crippen LogP contribution in [0.15, 0.2) is 24.4 Å². The van der Waals surface area contributed by atoms with E-state index in [0.717, 1.165) is 11.3 Å². The van der Waals surface area contributed by atoms with Gasteiger partial charge in [-0.05, 0) is 19.1 Å². The van der Waals surface area contributed by atoms with Crippen LogP contribution in [0.5, 0.6) is 6.01 Å². The minimum atomic E-state index is -0.396. The highest BCUT2D eigenvalue weighted by Crippen LogP contribution is 2.31. The summed E-state index contributed by atoms with van der Waals surface area (Å²) in [6.07, 6.45) is 1.59. The molecule has 168 valence electrons. The van der Waals surface area contributed by atoms with E-state index in [-0.39, 0.29) is 30.2 Å². The topological polar surface area (TPSA) is 94.4 Å². The molecule has 1 amide bonds. The average molecular weight is 440 g/mol. The molecule has 4 bridgehead atoms. The Morgan fingerprint density at radius 2 is 2.12 bits per heavy atom. The minimum absolute atomic E-state index is 0.0161. The molecule has 0 unspecified atom stereocenters. The zero-order valence-electron chi connectivity index (χ0n) is 18.2. The molecule has 5 rings (SSSR count). The van der Waals surface area contributed by atoms with Crippen molar-refractivity contribution >= 4 is 16.9 Å². The molecule has 1 saturated heterocycles. The lowest BCUT2D eigenvalue weighted by atomic mass is 10.1. The van der Waals surface area contributed by atoms with Crippen LogP contribution in [-0.4, -0.2) is 75.8 Å². The smallest absolute Gasteiger partial charge is 0.317 e. The molecule has 0 spiro atoms. The molecule has 0 saturated carbocycles. The van der Waals surface area contributed by atoms with Gasteiger partial charge in [-0.2, -0.15) is 4.98 Å². The molecule has 10 heteroatoms. The Morgan fingerprint density at radius 1 is 1.28 bits per heavy atom. The third kappa shape index (κ3) is 3.69. The van der Waals surface area contributed by atoms with E-state index in [2.05, 4.69) is 20.3 Å². The lowest BCUT2D eigenvalue weighted by Crippen LogP contribution is -2.45. The minimum Gasteiger partial charge on any atom is -0.459 e. The quantitative estimate of drug-likeness (QED) is 0.613.